The van der Waals surface area contributed by atoms with Crippen LogP contribution in [0.15, 0.2) is 41.1 Å². The van der Waals surface area contributed by atoms with E-state index >= 15 is 0 Å². The van der Waals surface area contributed by atoms with Gasteiger partial charge in [-0.05, 0) is 29.2 Å². The summed E-state index contributed by atoms with van der Waals surface area (Å²) in [6.45, 7) is 4.85. The Morgan fingerprint density at radius 2 is 1.88 bits per heavy atom. The third kappa shape index (κ3) is 3.92. The van der Waals surface area contributed by atoms with Gasteiger partial charge in [-0.1, -0.05) is 26.8 Å². The minimum atomic E-state index is -4.43. The molecule has 0 unspecified atom stereocenters. The molecule has 0 saturated heterocycles. The number of pyridine rings is 1. The number of nitrogens with zero attached hydrogens (tertiary/aromatic N) is 2. The van der Waals surface area contributed by atoms with Crippen LogP contribution in [0.25, 0.3) is 22.6 Å². The number of hydrogen-bond acceptors (Lipinski definition) is 4. The molecule has 0 bridgehead atoms. The molecule has 2 aromatic heterocycles. The molecule has 25 heavy (non-hydrogen) atoms. The van der Waals surface area contributed by atoms with Crippen LogP contribution in [-0.4, -0.2) is 22.8 Å². The molecule has 0 saturated carbocycles. The summed E-state index contributed by atoms with van der Waals surface area (Å²) in [5, 5.41) is 0. The summed E-state index contributed by atoms with van der Waals surface area (Å²) in [7, 11) is 0. The van der Waals surface area contributed by atoms with E-state index in [1.54, 1.807) is 0 Å². The van der Waals surface area contributed by atoms with E-state index in [4.69, 9.17) is 9.15 Å². The molecule has 2 heterocycles. The molecule has 0 atom stereocenters. The van der Waals surface area contributed by atoms with Gasteiger partial charge in [0.25, 0.3) is 0 Å². The predicted octanol–water partition coefficient (Wildman–Crippen LogP) is 5.13. The highest BCUT2D eigenvalue weighted by Gasteiger charge is 2.29. The van der Waals surface area contributed by atoms with Crippen molar-refractivity contribution in [3.63, 3.8) is 0 Å². The van der Waals surface area contributed by atoms with Gasteiger partial charge in [-0.15, -0.1) is 0 Å². The fourth-order valence-electron chi connectivity index (χ4n) is 2.34. The van der Waals surface area contributed by atoms with Crippen LogP contribution in [0, 0.1) is 0 Å². The molecule has 0 aliphatic carbocycles. The van der Waals surface area contributed by atoms with Gasteiger partial charge in [0.15, 0.2) is 17.9 Å². The maximum absolute atomic E-state index is 12.4. The van der Waals surface area contributed by atoms with Crippen molar-refractivity contribution in [1.29, 1.82) is 0 Å². The van der Waals surface area contributed by atoms with Crippen molar-refractivity contribution in [3.8, 4) is 17.2 Å². The minimum Gasteiger partial charge on any atom is -0.482 e. The van der Waals surface area contributed by atoms with E-state index in [1.165, 1.54) is 18.5 Å². The predicted molar refractivity (Wildman–Crippen MR) is 87.5 cm³/mol. The maximum Gasteiger partial charge on any atom is 0.422 e. The number of aromatic nitrogens is 2. The zero-order valence-electron chi connectivity index (χ0n) is 14.0. The maximum atomic E-state index is 12.4. The zero-order chi connectivity index (χ0) is 18.2. The number of benzene rings is 1. The van der Waals surface area contributed by atoms with Gasteiger partial charge >= 0.3 is 6.18 Å². The SMILES string of the molecule is CC(C)(C)c1ccc2oc(-c3ccncc3OCC(F)(F)F)nc2c1. The molecule has 0 fully saturated rings. The van der Waals surface area contributed by atoms with Gasteiger partial charge in [0, 0.05) is 6.20 Å². The molecule has 3 rings (SSSR count). The van der Waals surface area contributed by atoms with Gasteiger partial charge in [0.05, 0.1) is 11.8 Å². The minimum absolute atomic E-state index is 0.0255. The molecule has 132 valence electrons. The normalized spacial score (nSPS) is 12.6. The van der Waals surface area contributed by atoms with Crippen LogP contribution in [0.3, 0.4) is 0 Å². The lowest BCUT2D eigenvalue weighted by atomic mass is 9.87. The number of alkyl halides is 3. The van der Waals surface area contributed by atoms with Crippen molar-refractivity contribution >= 4 is 11.1 Å². The van der Waals surface area contributed by atoms with Gasteiger partial charge in [-0.2, -0.15) is 13.2 Å². The van der Waals surface area contributed by atoms with Gasteiger partial charge in [-0.25, -0.2) is 4.98 Å². The summed E-state index contributed by atoms with van der Waals surface area (Å²) in [5.74, 6) is 0.169. The van der Waals surface area contributed by atoms with Crippen LogP contribution in [0.2, 0.25) is 0 Å². The Balaban J connectivity index is 1.99. The van der Waals surface area contributed by atoms with Crippen LogP contribution in [-0.2, 0) is 5.41 Å². The van der Waals surface area contributed by atoms with Gasteiger partial charge in [0.2, 0.25) is 5.89 Å². The Morgan fingerprint density at radius 3 is 2.56 bits per heavy atom. The summed E-state index contributed by atoms with van der Waals surface area (Å²) in [5.41, 5.74) is 2.56. The lowest BCUT2D eigenvalue weighted by Crippen LogP contribution is -2.19. The molecule has 7 heteroatoms. The van der Waals surface area contributed by atoms with Crippen LogP contribution in [0.1, 0.15) is 26.3 Å². The lowest BCUT2D eigenvalue weighted by molar-refractivity contribution is -0.153. The molecule has 0 aliphatic heterocycles. The highest BCUT2D eigenvalue weighted by Crippen LogP contribution is 2.33. The second kappa shape index (κ2) is 6.06. The molecule has 0 aliphatic rings. The zero-order valence-corrected chi connectivity index (χ0v) is 14.0. The average Bonchev–Trinajstić information content (AvgIpc) is 2.94. The van der Waals surface area contributed by atoms with Crippen LogP contribution < -0.4 is 4.74 Å². The van der Waals surface area contributed by atoms with Crippen molar-refractivity contribution in [2.75, 3.05) is 6.61 Å². The topological polar surface area (TPSA) is 48.2 Å². The largest absolute Gasteiger partial charge is 0.482 e. The second-order valence-electron chi connectivity index (χ2n) is 6.73. The van der Waals surface area contributed by atoms with Crippen molar-refractivity contribution in [3.05, 3.63) is 42.2 Å². The molecule has 4 nitrogen and oxygen atoms in total. The Labute approximate surface area is 142 Å². The first-order valence-electron chi connectivity index (χ1n) is 7.68. The molecular formula is C18H17F3N2O2. The van der Waals surface area contributed by atoms with Crippen molar-refractivity contribution in [2.24, 2.45) is 0 Å². The highest BCUT2D eigenvalue weighted by molar-refractivity contribution is 5.78. The Morgan fingerprint density at radius 1 is 1.12 bits per heavy atom. The van der Waals surface area contributed by atoms with E-state index in [0.717, 1.165) is 5.56 Å². The number of hydrogen-bond donors (Lipinski definition) is 0. The summed E-state index contributed by atoms with van der Waals surface area (Å²) < 4.78 is 47.8. The van der Waals surface area contributed by atoms with E-state index < -0.39 is 12.8 Å². The molecule has 0 spiro atoms. The van der Waals surface area contributed by atoms with Gasteiger partial charge in [0.1, 0.15) is 5.52 Å². The molecule has 3 aromatic rings. The number of oxazole rings is 1. The van der Waals surface area contributed by atoms with Crippen molar-refractivity contribution in [2.45, 2.75) is 32.4 Å². The number of rotatable bonds is 3. The molecule has 1 aromatic carbocycles. The fourth-order valence-corrected chi connectivity index (χ4v) is 2.34. The van der Waals surface area contributed by atoms with Crippen molar-refractivity contribution < 1.29 is 22.3 Å². The lowest BCUT2D eigenvalue weighted by Gasteiger charge is -2.18. The summed E-state index contributed by atoms with van der Waals surface area (Å²) in [4.78, 5) is 8.22. The van der Waals surface area contributed by atoms with Gasteiger partial charge in [-0.3, -0.25) is 4.98 Å². The standard InChI is InChI=1S/C18H17F3N2O2/c1-17(2,3)11-4-5-14-13(8-11)23-16(25-14)12-6-7-22-9-15(12)24-10-18(19,20)21/h4-9H,10H2,1-3H3. The third-order valence-electron chi connectivity index (χ3n) is 3.66. The fraction of sp³-hybridized carbons (Fsp3) is 0.333. The molecular weight excluding hydrogens is 333 g/mol. The molecule has 0 radical (unpaired) electrons. The third-order valence-corrected chi connectivity index (χ3v) is 3.66. The van der Waals surface area contributed by atoms with Crippen LogP contribution in [0.4, 0.5) is 13.2 Å². The van der Waals surface area contributed by atoms with Crippen LogP contribution in [0.5, 0.6) is 5.75 Å². The van der Waals surface area contributed by atoms with Crippen LogP contribution >= 0.6 is 0 Å². The van der Waals surface area contributed by atoms with E-state index in [1.807, 2.05) is 18.2 Å². The summed E-state index contributed by atoms with van der Waals surface area (Å²) >= 11 is 0. The first kappa shape index (κ1) is 17.3. The van der Waals surface area contributed by atoms with E-state index in [0.29, 0.717) is 16.7 Å². The summed E-state index contributed by atoms with van der Waals surface area (Å²) in [6, 6.07) is 7.19. The second-order valence-corrected chi connectivity index (χ2v) is 6.73. The number of halogens is 3. The Hall–Kier alpha value is -2.57. The first-order valence-corrected chi connectivity index (χ1v) is 7.68. The molecule has 0 N–H and O–H groups in total. The monoisotopic (exact) mass is 350 g/mol. The first-order chi connectivity index (χ1) is 11.6. The van der Waals surface area contributed by atoms with E-state index in [-0.39, 0.29) is 17.1 Å². The van der Waals surface area contributed by atoms with E-state index in [9.17, 15) is 13.2 Å². The molecule has 0 amide bonds. The quantitative estimate of drug-likeness (QED) is 0.657. The smallest absolute Gasteiger partial charge is 0.422 e. The average molecular weight is 350 g/mol. The number of ether oxygens (including phenoxy) is 1. The Bertz CT molecular complexity index is 895. The Kier molecular flexibility index (Phi) is 4.18. The number of fused-ring (bicyclic) bond motifs is 1. The summed E-state index contributed by atoms with van der Waals surface area (Å²) in [6.07, 6.45) is -1.77. The van der Waals surface area contributed by atoms with Gasteiger partial charge < -0.3 is 9.15 Å². The van der Waals surface area contributed by atoms with Crippen molar-refractivity contribution in [1.82, 2.24) is 9.97 Å². The highest BCUT2D eigenvalue weighted by atomic mass is 19.4. The van der Waals surface area contributed by atoms with E-state index in [2.05, 4.69) is 30.7 Å².